The molecule has 0 spiro atoms. The van der Waals surface area contributed by atoms with E-state index in [1.165, 1.54) is 67.2 Å². The molecule has 2 aromatic carbocycles. The van der Waals surface area contributed by atoms with Crippen LogP contribution in [0.5, 0.6) is 0 Å². The molecule has 0 aliphatic carbocycles. The third-order valence-corrected chi connectivity index (χ3v) is 4.59. The van der Waals surface area contributed by atoms with Crippen molar-refractivity contribution >= 4 is 5.69 Å². The van der Waals surface area contributed by atoms with Crippen molar-refractivity contribution in [3.63, 3.8) is 0 Å². The van der Waals surface area contributed by atoms with Crippen molar-refractivity contribution in [1.29, 1.82) is 0 Å². The molecule has 0 aliphatic heterocycles. The van der Waals surface area contributed by atoms with Gasteiger partial charge in [-0.2, -0.15) is 0 Å². The predicted molar refractivity (Wildman–Crippen MR) is 102 cm³/mol. The summed E-state index contributed by atoms with van der Waals surface area (Å²) < 4.78 is 0. The van der Waals surface area contributed by atoms with Gasteiger partial charge >= 0.3 is 0 Å². The zero-order valence-corrected chi connectivity index (χ0v) is 14.8. The lowest BCUT2D eigenvalue weighted by Gasteiger charge is -2.09. The van der Waals surface area contributed by atoms with E-state index < -0.39 is 0 Å². The first-order valence-corrected chi connectivity index (χ1v) is 9.12. The summed E-state index contributed by atoms with van der Waals surface area (Å²) in [5, 5.41) is 0. The first kappa shape index (κ1) is 17.6. The molecule has 23 heavy (non-hydrogen) atoms. The van der Waals surface area contributed by atoms with Crippen LogP contribution in [-0.2, 0) is 12.8 Å². The van der Waals surface area contributed by atoms with Crippen molar-refractivity contribution in [2.75, 3.05) is 5.73 Å². The summed E-state index contributed by atoms with van der Waals surface area (Å²) in [5.74, 6) is 0. The molecule has 2 aromatic rings. The Morgan fingerprint density at radius 1 is 0.783 bits per heavy atom. The van der Waals surface area contributed by atoms with E-state index in [4.69, 9.17) is 5.73 Å². The van der Waals surface area contributed by atoms with Crippen molar-refractivity contribution < 1.29 is 0 Å². The van der Waals surface area contributed by atoms with Crippen LogP contribution < -0.4 is 5.73 Å². The second kappa shape index (κ2) is 9.39. The minimum absolute atomic E-state index is 0.833. The molecule has 0 atom stereocenters. The molecule has 1 nitrogen and oxygen atoms in total. The number of hydrogen-bond donors (Lipinski definition) is 1. The van der Waals surface area contributed by atoms with Gasteiger partial charge in [-0.15, -0.1) is 0 Å². The van der Waals surface area contributed by atoms with E-state index in [1.54, 1.807) is 0 Å². The van der Waals surface area contributed by atoms with Gasteiger partial charge in [-0.1, -0.05) is 69.4 Å². The van der Waals surface area contributed by atoms with Gasteiger partial charge in [0.1, 0.15) is 0 Å². The van der Waals surface area contributed by atoms with E-state index in [0.717, 1.165) is 12.1 Å². The summed E-state index contributed by atoms with van der Waals surface area (Å²) in [4.78, 5) is 0. The Kier molecular flexibility index (Phi) is 7.19. The molecule has 0 unspecified atom stereocenters. The maximum absolute atomic E-state index is 5.75. The van der Waals surface area contributed by atoms with E-state index in [9.17, 15) is 0 Å². The van der Waals surface area contributed by atoms with Crippen LogP contribution >= 0.6 is 0 Å². The highest BCUT2D eigenvalue weighted by Gasteiger charge is 2.02. The Labute approximate surface area is 141 Å². The highest BCUT2D eigenvalue weighted by atomic mass is 14.5. The number of anilines is 1. The third-order valence-electron chi connectivity index (χ3n) is 4.59. The topological polar surface area (TPSA) is 26.0 Å². The maximum Gasteiger partial charge on any atom is 0.0314 e. The first-order chi connectivity index (χ1) is 11.2. The number of unbranched alkanes of at least 4 members (excludes halogenated alkanes) is 5. The van der Waals surface area contributed by atoms with Gasteiger partial charge in [0.05, 0.1) is 0 Å². The van der Waals surface area contributed by atoms with E-state index in [1.807, 2.05) is 12.1 Å². The first-order valence-electron chi connectivity index (χ1n) is 9.12. The molecule has 0 aliphatic rings. The molecule has 0 heterocycles. The molecule has 0 radical (unpaired) electrons. The molecule has 2 N–H and O–H groups in total. The fourth-order valence-corrected chi connectivity index (χ4v) is 3.12. The summed E-state index contributed by atoms with van der Waals surface area (Å²) in [6, 6.07) is 15.2. The van der Waals surface area contributed by atoms with Crippen LogP contribution in [0.3, 0.4) is 0 Å². The monoisotopic (exact) mass is 309 g/mol. The number of hydrogen-bond acceptors (Lipinski definition) is 1. The Bertz CT molecular complexity index is 583. The normalized spacial score (nSPS) is 10.9. The van der Waals surface area contributed by atoms with Crippen LogP contribution in [-0.4, -0.2) is 0 Å². The van der Waals surface area contributed by atoms with Crippen molar-refractivity contribution in [2.45, 2.75) is 65.2 Å². The van der Waals surface area contributed by atoms with Crippen LogP contribution in [0.15, 0.2) is 42.5 Å². The van der Waals surface area contributed by atoms with Gasteiger partial charge in [0.15, 0.2) is 0 Å². The predicted octanol–water partition coefficient (Wildman–Crippen LogP) is 6.07. The Morgan fingerprint density at radius 3 is 2.13 bits per heavy atom. The van der Waals surface area contributed by atoms with E-state index >= 15 is 0 Å². The molecule has 1 heteroatoms. The highest BCUT2D eigenvalue weighted by molar-refractivity contribution is 5.41. The minimum atomic E-state index is 0.833. The van der Waals surface area contributed by atoms with Crippen LogP contribution in [0.1, 0.15) is 67.7 Å². The smallest absolute Gasteiger partial charge is 0.0314 e. The molecule has 0 saturated heterocycles. The Hall–Kier alpha value is -1.76. The molecule has 0 aromatic heterocycles. The summed E-state index contributed by atoms with van der Waals surface area (Å²) in [7, 11) is 0. The van der Waals surface area contributed by atoms with Crippen molar-refractivity contribution in [2.24, 2.45) is 0 Å². The average Bonchev–Trinajstić information content (AvgIpc) is 2.55. The van der Waals surface area contributed by atoms with E-state index in [0.29, 0.717) is 0 Å². The van der Waals surface area contributed by atoms with Crippen LogP contribution in [0.2, 0.25) is 0 Å². The van der Waals surface area contributed by atoms with Gasteiger partial charge < -0.3 is 5.73 Å². The number of benzene rings is 2. The number of nitrogens with two attached hydrogens (primary N) is 1. The Balaban J connectivity index is 1.84. The molecule has 124 valence electrons. The SMILES string of the molecule is CCCCCCCCc1ccc(Cc2ccc(N)cc2)cc1C. The lowest BCUT2D eigenvalue weighted by molar-refractivity contribution is 0.607. The fourth-order valence-electron chi connectivity index (χ4n) is 3.12. The van der Waals surface area contributed by atoms with Crippen molar-refractivity contribution in [3.05, 3.63) is 64.7 Å². The lowest BCUT2D eigenvalue weighted by atomic mass is 9.96. The van der Waals surface area contributed by atoms with Gasteiger partial charge in [0.25, 0.3) is 0 Å². The zero-order chi connectivity index (χ0) is 16.5. The van der Waals surface area contributed by atoms with Crippen LogP contribution in [0, 0.1) is 6.92 Å². The summed E-state index contributed by atoms with van der Waals surface area (Å²) in [6.45, 7) is 4.52. The van der Waals surface area contributed by atoms with Crippen molar-refractivity contribution in [3.8, 4) is 0 Å². The number of rotatable bonds is 9. The zero-order valence-electron chi connectivity index (χ0n) is 14.8. The molecule has 0 amide bonds. The van der Waals surface area contributed by atoms with Gasteiger partial charge in [-0.25, -0.2) is 0 Å². The minimum Gasteiger partial charge on any atom is -0.399 e. The van der Waals surface area contributed by atoms with Gasteiger partial charge in [0.2, 0.25) is 0 Å². The van der Waals surface area contributed by atoms with Crippen LogP contribution in [0.4, 0.5) is 5.69 Å². The number of aryl methyl sites for hydroxylation is 2. The second-order valence-electron chi connectivity index (χ2n) is 6.70. The summed E-state index contributed by atoms with van der Waals surface area (Å²) >= 11 is 0. The second-order valence-corrected chi connectivity index (χ2v) is 6.70. The van der Waals surface area contributed by atoms with Gasteiger partial charge in [0, 0.05) is 5.69 Å². The van der Waals surface area contributed by atoms with Crippen LogP contribution in [0.25, 0.3) is 0 Å². The summed E-state index contributed by atoms with van der Waals surface area (Å²) in [6.07, 6.45) is 10.4. The van der Waals surface area contributed by atoms with Crippen molar-refractivity contribution in [1.82, 2.24) is 0 Å². The molecule has 0 bridgehead atoms. The molecule has 0 fully saturated rings. The average molecular weight is 309 g/mol. The molecule has 2 rings (SSSR count). The van der Waals surface area contributed by atoms with E-state index in [-0.39, 0.29) is 0 Å². The quantitative estimate of drug-likeness (QED) is 0.441. The lowest BCUT2D eigenvalue weighted by Crippen LogP contribution is -1.95. The molecular formula is C22H31N. The third kappa shape index (κ3) is 6.09. The standard InChI is InChI=1S/C22H31N/c1-3-4-5-6-7-8-9-21-13-10-20(16-18(21)2)17-19-11-14-22(23)15-12-19/h10-16H,3-9,17,23H2,1-2H3. The summed E-state index contributed by atoms with van der Waals surface area (Å²) in [5.41, 5.74) is 12.2. The Morgan fingerprint density at radius 2 is 1.43 bits per heavy atom. The maximum atomic E-state index is 5.75. The molecule has 0 saturated carbocycles. The molecular weight excluding hydrogens is 278 g/mol. The highest BCUT2D eigenvalue weighted by Crippen LogP contribution is 2.18. The van der Waals surface area contributed by atoms with Gasteiger partial charge in [-0.3, -0.25) is 0 Å². The van der Waals surface area contributed by atoms with E-state index in [2.05, 4.69) is 44.2 Å². The fraction of sp³-hybridized carbons (Fsp3) is 0.455. The van der Waals surface area contributed by atoms with Gasteiger partial charge in [-0.05, 0) is 60.6 Å². The largest absolute Gasteiger partial charge is 0.399 e. The number of nitrogen functional groups attached to an aromatic ring is 1.